The molecule has 0 bridgehead atoms. The van der Waals surface area contributed by atoms with Gasteiger partial charge in [-0.3, -0.25) is 4.99 Å². The number of nitrogens with one attached hydrogen (secondary N) is 2. The van der Waals surface area contributed by atoms with E-state index in [0.29, 0.717) is 12.4 Å². The van der Waals surface area contributed by atoms with Crippen molar-refractivity contribution in [3.05, 3.63) is 47.2 Å². The van der Waals surface area contributed by atoms with Crippen LogP contribution in [-0.4, -0.2) is 31.6 Å². The maximum Gasteiger partial charge on any atom is 0.214 e. The molecular weight excluding hydrogens is 431 g/mol. The predicted octanol–water partition coefficient (Wildman–Crippen LogP) is 3.22. The Labute approximate surface area is 166 Å². The molecule has 1 heterocycles. The standard InChI is InChI=1S/C18H26N4O2.HI/c1-13-14(2)24-17(22-13)12-21-18(19-3)20-10-6-8-15-7-5-9-16(11-15)23-4;/h5,7,9,11H,6,8,10,12H2,1-4H3,(H2,19,20,21);1H. The van der Waals surface area contributed by atoms with Gasteiger partial charge in [0.15, 0.2) is 5.96 Å². The fourth-order valence-corrected chi connectivity index (χ4v) is 2.32. The van der Waals surface area contributed by atoms with Crippen LogP contribution in [0.15, 0.2) is 33.7 Å². The first-order chi connectivity index (χ1) is 11.6. The lowest BCUT2D eigenvalue weighted by atomic mass is 10.1. The number of methoxy groups -OCH3 is 1. The third kappa shape index (κ3) is 6.93. The van der Waals surface area contributed by atoms with E-state index in [1.807, 2.05) is 26.0 Å². The van der Waals surface area contributed by atoms with Crippen molar-refractivity contribution in [3.63, 3.8) is 0 Å². The molecule has 0 aliphatic carbocycles. The minimum atomic E-state index is 0. The van der Waals surface area contributed by atoms with Gasteiger partial charge in [-0.2, -0.15) is 0 Å². The van der Waals surface area contributed by atoms with Crippen molar-refractivity contribution in [2.75, 3.05) is 20.7 Å². The summed E-state index contributed by atoms with van der Waals surface area (Å²) in [4.78, 5) is 8.55. The van der Waals surface area contributed by atoms with Crippen LogP contribution in [0.4, 0.5) is 0 Å². The molecule has 0 amide bonds. The number of aromatic nitrogens is 1. The number of aryl methyl sites for hydroxylation is 3. The van der Waals surface area contributed by atoms with Gasteiger partial charge in [-0.1, -0.05) is 12.1 Å². The average molecular weight is 458 g/mol. The third-order valence-corrected chi connectivity index (χ3v) is 3.77. The summed E-state index contributed by atoms with van der Waals surface area (Å²) in [7, 11) is 3.44. The van der Waals surface area contributed by atoms with Crippen LogP contribution in [0.25, 0.3) is 0 Å². The summed E-state index contributed by atoms with van der Waals surface area (Å²) in [5.74, 6) is 3.17. The van der Waals surface area contributed by atoms with Gasteiger partial charge in [-0.25, -0.2) is 4.98 Å². The Hall–Kier alpha value is -1.77. The molecule has 0 atom stereocenters. The topological polar surface area (TPSA) is 71.7 Å². The van der Waals surface area contributed by atoms with E-state index in [9.17, 15) is 0 Å². The number of hydrogen-bond acceptors (Lipinski definition) is 4. The lowest BCUT2D eigenvalue weighted by Crippen LogP contribution is -2.37. The molecule has 1 aromatic carbocycles. The number of hydrogen-bond donors (Lipinski definition) is 2. The number of rotatable bonds is 7. The van der Waals surface area contributed by atoms with Crippen molar-refractivity contribution in [3.8, 4) is 5.75 Å². The minimum absolute atomic E-state index is 0. The maximum absolute atomic E-state index is 5.55. The summed E-state index contributed by atoms with van der Waals surface area (Å²) in [6.07, 6.45) is 1.99. The Bertz CT molecular complexity index is 666. The first-order valence-electron chi connectivity index (χ1n) is 8.12. The SMILES string of the molecule is CN=C(NCCCc1cccc(OC)c1)NCc1nc(C)c(C)o1.I. The normalized spacial score (nSPS) is 11.0. The molecule has 0 aliphatic rings. The van der Waals surface area contributed by atoms with Gasteiger partial charge in [0.1, 0.15) is 11.5 Å². The summed E-state index contributed by atoms with van der Waals surface area (Å²) < 4.78 is 10.8. The van der Waals surface area contributed by atoms with Crippen molar-refractivity contribution in [1.82, 2.24) is 15.6 Å². The van der Waals surface area contributed by atoms with E-state index in [4.69, 9.17) is 9.15 Å². The van der Waals surface area contributed by atoms with Crippen LogP contribution in [0.1, 0.15) is 29.3 Å². The first-order valence-corrected chi connectivity index (χ1v) is 8.12. The van der Waals surface area contributed by atoms with Crippen molar-refractivity contribution in [1.29, 1.82) is 0 Å². The Morgan fingerprint density at radius 1 is 1.28 bits per heavy atom. The lowest BCUT2D eigenvalue weighted by molar-refractivity contribution is 0.414. The lowest BCUT2D eigenvalue weighted by Gasteiger charge is -2.10. The minimum Gasteiger partial charge on any atom is -0.497 e. The van der Waals surface area contributed by atoms with Crippen molar-refractivity contribution in [2.24, 2.45) is 4.99 Å². The Balaban J connectivity index is 0.00000312. The largest absolute Gasteiger partial charge is 0.497 e. The molecule has 0 fully saturated rings. The van der Waals surface area contributed by atoms with E-state index in [2.05, 4.69) is 32.7 Å². The highest BCUT2D eigenvalue weighted by atomic mass is 127. The fraction of sp³-hybridized carbons (Fsp3) is 0.444. The van der Waals surface area contributed by atoms with E-state index in [1.54, 1.807) is 14.2 Å². The van der Waals surface area contributed by atoms with E-state index in [-0.39, 0.29) is 24.0 Å². The zero-order chi connectivity index (χ0) is 17.4. The average Bonchev–Trinajstić information content (AvgIpc) is 2.92. The van der Waals surface area contributed by atoms with E-state index in [1.165, 1.54) is 5.56 Å². The third-order valence-electron chi connectivity index (χ3n) is 3.77. The zero-order valence-electron chi connectivity index (χ0n) is 15.3. The van der Waals surface area contributed by atoms with Gasteiger partial charge in [-0.15, -0.1) is 24.0 Å². The zero-order valence-corrected chi connectivity index (χ0v) is 17.6. The molecular formula is C18H27IN4O2. The highest BCUT2D eigenvalue weighted by Crippen LogP contribution is 2.13. The number of oxazole rings is 1. The van der Waals surface area contributed by atoms with Crippen LogP contribution in [0.3, 0.4) is 0 Å². The number of benzene rings is 1. The summed E-state index contributed by atoms with van der Waals surface area (Å²) in [5.41, 5.74) is 2.19. The van der Waals surface area contributed by atoms with E-state index >= 15 is 0 Å². The molecule has 2 rings (SSSR count). The monoisotopic (exact) mass is 458 g/mol. The first kappa shape index (κ1) is 21.3. The molecule has 1 aromatic heterocycles. The fourth-order valence-electron chi connectivity index (χ4n) is 2.32. The molecule has 0 saturated heterocycles. The van der Waals surface area contributed by atoms with Crippen LogP contribution >= 0.6 is 24.0 Å². The molecule has 2 N–H and O–H groups in total. The van der Waals surface area contributed by atoms with Crippen molar-refractivity contribution in [2.45, 2.75) is 33.2 Å². The van der Waals surface area contributed by atoms with Gasteiger partial charge in [0.05, 0.1) is 19.3 Å². The highest BCUT2D eigenvalue weighted by Gasteiger charge is 2.06. The second-order valence-electron chi connectivity index (χ2n) is 5.56. The number of nitrogens with zero attached hydrogens (tertiary/aromatic N) is 2. The Morgan fingerprint density at radius 3 is 2.72 bits per heavy atom. The molecule has 0 radical (unpaired) electrons. The van der Waals surface area contributed by atoms with Gasteiger partial charge in [-0.05, 0) is 44.4 Å². The van der Waals surface area contributed by atoms with Gasteiger partial charge in [0.2, 0.25) is 5.89 Å². The smallest absolute Gasteiger partial charge is 0.214 e. The number of guanidine groups is 1. The Morgan fingerprint density at radius 2 is 2.08 bits per heavy atom. The summed E-state index contributed by atoms with van der Waals surface area (Å²) in [5, 5.41) is 6.50. The molecule has 0 spiro atoms. The predicted molar refractivity (Wildman–Crippen MR) is 111 cm³/mol. The van der Waals surface area contributed by atoms with Crippen LogP contribution in [-0.2, 0) is 13.0 Å². The van der Waals surface area contributed by atoms with Crippen LogP contribution in [0.2, 0.25) is 0 Å². The van der Waals surface area contributed by atoms with Crippen LogP contribution < -0.4 is 15.4 Å². The number of ether oxygens (including phenoxy) is 1. The second kappa shape index (κ2) is 11.0. The van der Waals surface area contributed by atoms with Gasteiger partial charge >= 0.3 is 0 Å². The molecule has 25 heavy (non-hydrogen) atoms. The molecule has 138 valence electrons. The van der Waals surface area contributed by atoms with Crippen LogP contribution in [0.5, 0.6) is 5.75 Å². The van der Waals surface area contributed by atoms with E-state index < -0.39 is 0 Å². The molecule has 0 aliphatic heterocycles. The maximum atomic E-state index is 5.55. The van der Waals surface area contributed by atoms with Gasteiger partial charge in [0, 0.05) is 13.6 Å². The number of aliphatic imine (C=N–C) groups is 1. The van der Waals surface area contributed by atoms with Gasteiger partial charge < -0.3 is 19.8 Å². The summed E-state index contributed by atoms with van der Waals surface area (Å²) in [6, 6.07) is 8.16. The molecule has 6 nitrogen and oxygen atoms in total. The molecule has 0 saturated carbocycles. The second-order valence-corrected chi connectivity index (χ2v) is 5.56. The van der Waals surface area contributed by atoms with Crippen molar-refractivity contribution >= 4 is 29.9 Å². The quantitative estimate of drug-likeness (QED) is 0.289. The number of halogens is 1. The van der Waals surface area contributed by atoms with Crippen LogP contribution in [0, 0.1) is 13.8 Å². The molecule has 2 aromatic rings. The van der Waals surface area contributed by atoms with Gasteiger partial charge in [0.25, 0.3) is 0 Å². The molecule has 7 heteroatoms. The summed E-state index contributed by atoms with van der Waals surface area (Å²) >= 11 is 0. The van der Waals surface area contributed by atoms with Crippen molar-refractivity contribution < 1.29 is 9.15 Å². The molecule has 0 unspecified atom stereocenters. The highest BCUT2D eigenvalue weighted by molar-refractivity contribution is 14.0. The summed E-state index contributed by atoms with van der Waals surface area (Å²) in [6.45, 7) is 5.20. The van der Waals surface area contributed by atoms with E-state index in [0.717, 1.165) is 42.5 Å². The Kier molecular flexibility index (Phi) is 9.33.